The fourth-order valence-electron chi connectivity index (χ4n) is 2.27. The van der Waals surface area contributed by atoms with Gasteiger partial charge in [-0.2, -0.15) is 0 Å². The summed E-state index contributed by atoms with van der Waals surface area (Å²) in [6, 6.07) is 13.2. The van der Waals surface area contributed by atoms with E-state index in [1.165, 1.54) is 18.2 Å². The van der Waals surface area contributed by atoms with E-state index in [0.29, 0.717) is 11.9 Å². The number of hydrogen-bond acceptors (Lipinski definition) is 6. The Balaban J connectivity index is 2.04. The maximum Gasteiger partial charge on any atom is 0.457 e. The van der Waals surface area contributed by atoms with Crippen LogP contribution < -0.4 is 5.32 Å². The summed E-state index contributed by atoms with van der Waals surface area (Å²) in [5, 5.41) is 25.3. The standard InChI is InChI=1S/C15H11N3O5/c19-17(20)11-6-7-13-12(8-11)14(15(23-13)18(21)22)16-9-10-4-2-1-3-5-10/h1-8,16H,9H2. The zero-order valence-electron chi connectivity index (χ0n) is 11.8. The zero-order valence-corrected chi connectivity index (χ0v) is 11.8. The van der Waals surface area contributed by atoms with Gasteiger partial charge in [-0.15, -0.1) is 0 Å². The number of hydrogen-bond donors (Lipinski definition) is 1. The van der Waals surface area contributed by atoms with Gasteiger partial charge in [0.1, 0.15) is 10.5 Å². The number of non-ortho nitro benzene ring substituents is 1. The molecule has 8 heteroatoms. The number of nitrogens with one attached hydrogen (secondary N) is 1. The number of rotatable bonds is 5. The molecule has 2 aromatic carbocycles. The zero-order chi connectivity index (χ0) is 16.4. The fraction of sp³-hybridized carbons (Fsp3) is 0.0667. The Morgan fingerprint density at radius 1 is 1.00 bits per heavy atom. The third-order valence-corrected chi connectivity index (χ3v) is 3.34. The molecule has 1 heterocycles. The maximum atomic E-state index is 11.2. The van der Waals surface area contributed by atoms with Crippen molar-refractivity contribution in [2.45, 2.75) is 6.54 Å². The molecule has 0 aliphatic carbocycles. The molecule has 1 N–H and O–H groups in total. The van der Waals surface area contributed by atoms with Crippen LogP contribution in [0.25, 0.3) is 11.0 Å². The van der Waals surface area contributed by atoms with Crippen LogP contribution in [0.3, 0.4) is 0 Å². The predicted octanol–water partition coefficient (Wildman–Crippen LogP) is 3.86. The summed E-state index contributed by atoms with van der Waals surface area (Å²) in [4.78, 5) is 20.8. The van der Waals surface area contributed by atoms with Gasteiger partial charge in [-0.1, -0.05) is 30.3 Å². The van der Waals surface area contributed by atoms with Crippen molar-refractivity contribution in [1.29, 1.82) is 0 Å². The number of benzene rings is 2. The van der Waals surface area contributed by atoms with Gasteiger partial charge in [0, 0.05) is 18.7 Å². The highest BCUT2D eigenvalue weighted by atomic mass is 16.6. The van der Waals surface area contributed by atoms with E-state index >= 15 is 0 Å². The molecule has 3 rings (SSSR count). The van der Waals surface area contributed by atoms with E-state index in [9.17, 15) is 20.2 Å². The molecule has 0 fully saturated rings. The number of fused-ring (bicyclic) bond motifs is 1. The predicted molar refractivity (Wildman–Crippen MR) is 83.3 cm³/mol. The normalized spacial score (nSPS) is 10.6. The first kappa shape index (κ1) is 14.5. The van der Waals surface area contributed by atoms with E-state index in [4.69, 9.17) is 4.42 Å². The lowest BCUT2D eigenvalue weighted by atomic mass is 10.2. The molecule has 116 valence electrons. The van der Waals surface area contributed by atoms with Crippen molar-refractivity contribution in [1.82, 2.24) is 0 Å². The Morgan fingerprint density at radius 2 is 1.74 bits per heavy atom. The molecule has 3 aromatic rings. The number of anilines is 1. The van der Waals surface area contributed by atoms with Gasteiger partial charge in [-0.3, -0.25) is 20.2 Å². The van der Waals surface area contributed by atoms with Crippen molar-refractivity contribution in [2.75, 3.05) is 5.32 Å². The summed E-state index contributed by atoms with van der Waals surface area (Å²) in [7, 11) is 0. The Hall–Kier alpha value is -3.42. The van der Waals surface area contributed by atoms with Crippen LogP contribution in [0.5, 0.6) is 0 Å². The molecule has 0 radical (unpaired) electrons. The first-order valence-electron chi connectivity index (χ1n) is 6.69. The molecule has 0 aliphatic rings. The van der Waals surface area contributed by atoms with Gasteiger partial charge >= 0.3 is 5.88 Å². The highest BCUT2D eigenvalue weighted by Crippen LogP contribution is 2.38. The second-order valence-corrected chi connectivity index (χ2v) is 4.82. The Kier molecular flexibility index (Phi) is 3.63. The molecule has 23 heavy (non-hydrogen) atoms. The van der Waals surface area contributed by atoms with E-state index in [1.807, 2.05) is 30.3 Å². The average molecular weight is 313 g/mol. The van der Waals surface area contributed by atoms with E-state index in [-0.39, 0.29) is 17.0 Å². The van der Waals surface area contributed by atoms with Crippen LogP contribution in [0.1, 0.15) is 5.56 Å². The van der Waals surface area contributed by atoms with Gasteiger partial charge < -0.3 is 9.73 Å². The van der Waals surface area contributed by atoms with Gasteiger partial charge in [-0.25, -0.2) is 0 Å². The van der Waals surface area contributed by atoms with Crippen molar-refractivity contribution in [3.8, 4) is 0 Å². The van der Waals surface area contributed by atoms with Crippen LogP contribution in [0.15, 0.2) is 52.9 Å². The molecule has 0 bridgehead atoms. The topological polar surface area (TPSA) is 111 Å². The van der Waals surface area contributed by atoms with Crippen LogP contribution >= 0.6 is 0 Å². The molecule has 0 saturated carbocycles. The third kappa shape index (κ3) is 2.82. The highest BCUT2D eigenvalue weighted by Gasteiger charge is 2.25. The SMILES string of the molecule is O=[N+]([O-])c1ccc2oc([N+](=O)[O-])c(NCc3ccccc3)c2c1. The fourth-order valence-corrected chi connectivity index (χ4v) is 2.27. The molecule has 0 atom stereocenters. The summed E-state index contributed by atoms with van der Waals surface area (Å²) >= 11 is 0. The van der Waals surface area contributed by atoms with Crippen molar-refractivity contribution in [3.63, 3.8) is 0 Å². The average Bonchev–Trinajstić information content (AvgIpc) is 2.92. The summed E-state index contributed by atoms with van der Waals surface area (Å²) in [6.07, 6.45) is 0. The lowest BCUT2D eigenvalue weighted by Gasteiger charge is -2.03. The minimum absolute atomic E-state index is 0.137. The van der Waals surface area contributed by atoms with Gasteiger partial charge in [-0.05, 0) is 11.6 Å². The quantitative estimate of drug-likeness (QED) is 0.565. The van der Waals surface area contributed by atoms with Crippen LogP contribution in [0, 0.1) is 20.2 Å². The Morgan fingerprint density at radius 3 is 2.39 bits per heavy atom. The molecule has 0 saturated heterocycles. The molecule has 0 aliphatic heterocycles. The van der Waals surface area contributed by atoms with E-state index < -0.39 is 15.7 Å². The van der Waals surface area contributed by atoms with Crippen molar-refractivity contribution in [2.24, 2.45) is 0 Å². The first-order chi connectivity index (χ1) is 11.1. The monoisotopic (exact) mass is 313 g/mol. The third-order valence-electron chi connectivity index (χ3n) is 3.34. The highest BCUT2D eigenvalue weighted by molar-refractivity contribution is 5.96. The molecule has 1 aromatic heterocycles. The van der Waals surface area contributed by atoms with Gasteiger partial charge in [0.2, 0.25) is 0 Å². The first-order valence-corrected chi connectivity index (χ1v) is 6.69. The summed E-state index contributed by atoms with van der Waals surface area (Å²) in [5.41, 5.74) is 1.12. The van der Waals surface area contributed by atoms with Crippen LogP contribution in [0.4, 0.5) is 17.3 Å². The number of furan rings is 1. The van der Waals surface area contributed by atoms with Crippen LogP contribution in [-0.2, 0) is 6.54 Å². The van der Waals surface area contributed by atoms with Gasteiger partial charge in [0.05, 0.1) is 10.3 Å². The summed E-state index contributed by atoms with van der Waals surface area (Å²) in [6.45, 7) is 0.332. The molecular weight excluding hydrogens is 302 g/mol. The minimum Gasteiger partial charge on any atom is -0.399 e. The van der Waals surface area contributed by atoms with Crippen LogP contribution in [0.2, 0.25) is 0 Å². The molecule has 0 spiro atoms. The summed E-state index contributed by atoms with van der Waals surface area (Å²) < 4.78 is 5.20. The second kappa shape index (κ2) is 5.76. The van der Waals surface area contributed by atoms with Crippen molar-refractivity contribution in [3.05, 3.63) is 74.3 Å². The molecular formula is C15H11N3O5. The number of nitro groups is 2. The summed E-state index contributed by atoms with van der Waals surface area (Å²) in [5.74, 6) is -0.462. The van der Waals surface area contributed by atoms with E-state index in [0.717, 1.165) is 5.56 Å². The van der Waals surface area contributed by atoms with Gasteiger partial charge in [0.25, 0.3) is 5.69 Å². The smallest absolute Gasteiger partial charge is 0.399 e. The number of nitrogens with zero attached hydrogens (tertiary/aromatic N) is 2. The second-order valence-electron chi connectivity index (χ2n) is 4.82. The lowest BCUT2D eigenvalue weighted by Crippen LogP contribution is -2.01. The van der Waals surface area contributed by atoms with Gasteiger partial charge in [0.15, 0.2) is 5.69 Å². The largest absolute Gasteiger partial charge is 0.457 e. The minimum atomic E-state index is -0.654. The van der Waals surface area contributed by atoms with Crippen molar-refractivity contribution >= 4 is 28.2 Å². The molecule has 0 unspecified atom stereocenters. The Labute approximate surface area is 129 Å². The van der Waals surface area contributed by atoms with E-state index in [2.05, 4.69) is 5.32 Å². The number of nitro benzene ring substituents is 1. The Bertz CT molecular complexity index is 889. The molecule has 0 amide bonds. The van der Waals surface area contributed by atoms with E-state index in [1.54, 1.807) is 0 Å². The van der Waals surface area contributed by atoms with Crippen LogP contribution in [-0.4, -0.2) is 9.85 Å². The molecule has 8 nitrogen and oxygen atoms in total. The maximum absolute atomic E-state index is 11.2. The van der Waals surface area contributed by atoms with Crippen molar-refractivity contribution < 1.29 is 14.3 Å². The lowest BCUT2D eigenvalue weighted by molar-refractivity contribution is -0.400.